The molecule has 1 amide bonds. The summed E-state index contributed by atoms with van der Waals surface area (Å²) in [5, 5.41) is 0. The second kappa shape index (κ2) is 8.33. The Morgan fingerprint density at radius 3 is 2.34 bits per heavy atom. The highest BCUT2D eigenvalue weighted by molar-refractivity contribution is 6.10. The van der Waals surface area contributed by atoms with Gasteiger partial charge < -0.3 is 23.8 Å². The second-order valence-corrected chi connectivity index (χ2v) is 7.63. The zero-order valence-corrected chi connectivity index (χ0v) is 17.6. The van der Waals surface area contributed by atoms with Crippen LogP contribution in [0, 0.1) is 0 Å². The number of nitrogens with zero attached hydrogens (tertiary/aromatic N) is 1. The lowest BCUT2D eigenvalue weighted by Crippen LogP contribution is -2.68. The minimum absolute atomic E-state index is 0.0284. The molecule has 1 spiro atoms. The SMILES string of the molecule is COC(=O)c1ccc2c(c1C(=O)OC)OC1(CC2=O)CN(C(=O)OCc2ccccc2)C1. The van der Waals surface area contributed by atoms with Crippen molar-refractivity contribution in [2.24, 2.45) is 0 Å². The second-order valence-electron chi connectivity index (χ2n) is 7.63. The number of benzene rings is 2. The van der Waals surface area contributed by atoms with Crippen LogP contribution in [0.4, 0.5) is 4.79 Å². The summed E-state index contributed by atoms with van der Waals surface area (Å²) in [5.41, 5.74) is -0.218. The number of methoxy groups -OCH3 is 2. The molecule has 1 fully saturated rings. The maximum Gasteiger partial charge on any atom is 0.410 e. The molecule has 2 heterocycles. The first-order chi connectivity index (χ1) is 15.4. The van der Waals surface area contributed by atoms with Crippen molar-refractivity contribution in [1.29, 1.82) is 0 Å². The Hall–Kier alpha value is -3.88. The van der Waals surface area contributed by atoms with Gasteiger partial charge in [-0.1, -0.05) is 30.3 Å². The number of hydrogen-bond acceptors (Lipinski definition) is 8. The lowest BCUT2D eigenvalue weighted by molar-refractivity contribution is -0.0748. The predicted molar refractivity (Wildman–Crippen MR) is 110 cm³/mol. The summed E-state index contributed by atoms with van der Waals surface area (Å²) in [6, 6.07) is 12.0. The fourth-order valence-electron chi connectivity index (χ4n) is 3.90. The highest BCUT2D eigenvalue weighted by Gasteiger charge is 2.53. The third kappa shape index (κ3) is 3.77. The van der Waals surface area contributed by atoms with Crippen molar-refractivity contribution >= 4 is 23.8 Å². The Balaban J connectivity index is 1.53. The van der Waals surface area contributed by atoms with E-state index in [-0.39, 0.29) is 54.3 Å². The fourth-order valence-corrected chi connectivity index (χ4v) is 3.90. The van der Waals surface area contributed by atoms with Crippen LogP contribution in [0.1, 0.15) is 43.1 Å². The first kappa shape index (κ1) is 21.4. The van der Waals surface area contributed by atoms with E-state index in [4.69, 9.17) is 18.9 Å². The summed E-state index contributed by atoms with van der Waals surface area (Å²) in [4.78, 5) is 51.2. The van der Waals surface area contributed by atoms with Crippen LogP contribution in [0.25, 0.3) is 0 Å². The summed E-state index contributed by atoms with van der Waals surface area (Å²) >= 11 is 0. The molecule has 1 saturated heterocycles. The average Bonchev–Trinajstić information content (AvgIpc) is 2.79. The van der Waals surface area contributed by atoms with E-state index in [2.05, 4.69) is 0 Å². The van der Waals surface area contributed by atoms with Gasteiger partial charge >= 0.3 is 18.0 Å². The number of carbonyl (C=O) groups excluding carboxylic acids is 4. The molecule has 2 aliphatic heterocycles. The fraction of sp³-hybridized carbons (Fsp3) is 0.304. The number of carbonyl (C=O) groups is 4. The summed E-state index contributed by atoms with van der Waals surface area (Å²) in [5.74, 6) is -1.88. The molecule has 0 saturated carbocycles. The van der Waals surface area contributed by atoms with E-state index < -0.39 is 23.6 Å². The monoisotopic (exact) mass is 439 g/mol. The van der Waals surface area contributed by atoms with Crippen LogP contribution < -0.4 is 4.74 Å². The molecule has 166 valence electrons. The maximum absolute atomic E-state index is 12.8. The molecular formula is C23H21NO8. The summed E-state index contributed by atoms with van der Waals surface area (Å²) in [6.07, 6.45) is -0.501. The summed E-state index contributed by atoms with van der Waals surface area (Å²) < 4.78 is 20.9. The first-order valence-corrected chi connectivity index (χ1v) is 9.89. The van der Waals surface area contributed by atoms with E-state index in [0.29, 0.717) is 0 Å². The number of amides is 1. The standard InChI is InChI=1S/C23H21NO8/c1-29-20(26)16-9-8-15-17(25)10-23(32-19(15)18(16)21(27)30-2)12-24(13-23)22(28)31-11-14-6-4-3-5-7-14/h3-9H,10-13H2,1-2H3. The van der Waals surface area contributed by atoms with Crippen molar-refractivity contribution in [2.45, 2.75) is 18.6 Å². The Morgan fingerprint density at radius 1 is 1.00 bits per heavy atom. The Bertz CT molecular complexity index is 1090. The molecular weight excluding hydrogens is 418 g/mol. The summed E-state index contributed by atoms with van der Waals surface area (Å²) in [7, 11) is 2.35. The molecule has 0 aromatic heterocycles. The van der Waals surface area contributed by atoms with Crippen LogP contribution in [-0.2, 0) is 20.8 Å². The van der Waals surface area contributed by atoms with Crippen LogP contribution in [0.15, 0.2) is 42.5 Å². The Kier molecular flexibility index (Phi) is 5.56. The van der Waals surface area contributed by atoms with E-state index in [1.165, 1.54) is 24.1 Å². The number of rotatable bonds is 4. The van der Waals surface area contributed by atoms with Crippen molar-refractivity contribution in [2.75, 3.05) is 27.3 Å². The number of likely N-dealkylation sites (tertiary alicyclic amines) is 1. The number of ketones is 1. The highest BCUT2D eigenvalue weighted by atomic mass is 16.6. The zero-order valence-electron chi connectivity index (χ0n) is 17.6. The number of Topliss-reactive ketones (excluding diaryl/α,β-unsaturated/α-hetero) is 1. The lowest BCUT2D eigenvalue weighted by Gasteiger charge is -2.50. The average molecular weight is 439 g/mol. The molecule has 0 unspecified atom stereocenters. The quantitative estimate of drug-likeness (QED) is 0.528. The van der Waals surface area contributed by atoms with Gasteiger partial charge in [-0.05, 0) is 17.7 Å². The third-order valence-corrected chi connectivity index (χ3v) is 5.48. The van der Waals surface area contributed by atoms with E-state index in [1.54, 1.807) is 0 Å². The molecule has 0 aliphatic carbocycles. The molecule has 0 radical (unpaired) electrons. The number of hydrogen-bond donors (Lipinski definition) is 0. The van der Waals surface area contributed by atoms with E-state index in [9.17, 15) is 19.2 Å². The third-order valence-electron chi connectivity index (χ3n) is 5.48. The lowest BCUT2D eigenvalue weighted by atomic mass is 9.82. The van der Waals surface area contributed by atoms with Gasteiger partial charge in [0.1, 0.15) is 17.9 Å². The van der Waals surface area contributed by atoms with Crippen molar-refractivity contribution in [1.82, 2.24) is 4.90 Å². The molecule has 9 nitrogen and oxygen atoms in total. The zero-order chi connectivity index (χ0) is 22.9. The van der Waals surface area contributed by atoms with Gasteiger partial charge in [0.15, 0.2) is 11.4 Å². The minimum Gasteiger partial charge on any atom is -0.481 e. The molecule has 32 heavy (non-hydrogen) atoms. The summed E-state index contributed by atoms with van der Waals surface area (Å²) in [6.45, 7) is 0.338. The van der Waals surface area contributed by atoms with Gasteiger partial charge in [0.05, 0.1) is 44.9 Å². The molecule has 0 bridgehead atoms. The topological polar surface area (TPSA) is 108 Å². The van der Waals surface area contributed by atoms with Gasteiger partial charge in [-0.2, -0.15) is 0 Å². The number of esters is 2. The number of ether oxygens (including phenoxy) is 4. The predicted octanol–water partition coefficient (Wildman–Crippen LogP) is 2.62. The van der Waals surface area contributed by atoms with Crippen molar-refractivity contribution in [3.05, 3.63) is 64.7 Å². The molecule has 2 aliphatic rings. The van der Waals surface area contributed by atoms with Crippen LogP contribution >= 0.6 is 0 Å². The number of fused-ring (bicyclic) bond motifs is 1. The smallest absolute Gasteiger partial charge is 0.410 e. The molecule has 0 atom stereocenters. The van der Waals surface area contributed by atoms with E-state index >= 15 is 0 Å². The molecule has 2 aromatic carbocycles. The van der Waals surface area contributed by atoms with E-state index in [0.717, 1.165) is 12.7 Å². The minimum atomic E-state index is -1.01. The van der Waals surface area contributed by atoms with Crippen LogP contribution in [0.3, 0.4) is 0 Å². The highest BCUT2D eigenvalue weighted by Crippen LogP contribution is 2.42. The maximum atomic E-state index is 12.8. The molecule has 4 rings (SSSR count). The van der Waals surface area contributed by atoms with Gasteiger partial charge in [-0.3, -0.25) is 4.79 Å². The van der Waals surface area contributed by atoms with Gasteiger partial charge in [-0.15, -0.1) is 0 Å². The molecule has 2 aromatic rings. The van der Waals surface area contributed by atoms with Crippen LogP contribution in [0.5, 0.6) is 5.75 Å². The van der Waals surface area contributed by atoms with Crippen molar-refractivity contribution in [3.63, 3.8) is 0 Å². The van der Waals surface area contributed by atoms with Crippen LogP contribution in [0.2, 0.25) is 0 Å². The van der Waals surface area contributed by atoms with Gasteiger partial charge in [0.25, 0.3) is 0 Å². The Morgan fingerprint density at radius 2 is 1.69 bits per heavy atom. The normalized spacial score (nSPS) is 15.8. The van der Waals surface area contributed by atoms with Gasteiger partial charge in [0, 0.05) is 0 Å². The molecule has 0 N–H and O–H groups in total. The van der Waals surface area contributed by atoms with Gasteiger partial charge in [0.2, 0.25) is 0 Å². The van der Waals surface area contributed by atoms with Gasteiger partial charge in [-0.25, -0.2) is 14.4 Å². The van der Waals surface area contributed by atoms with Crippen molar-refractivity contribution in [3.8, 4) is 5.75 Å². The van der Waals surface area contributed by atoms with E-state index in [1.807, 2.05) is 30.3 Å². The molecule has 9 heteroatoms. The van der Waals surface area contributed by atoms with Crippen LogP contribution in [-0.4, -0.2) is 61.6 Å². The Labute approximate surface area is 183 Å². The van der Waals surface area contributed by atoms with Crippen molar-refractivity contribution < 1.29 is 38.1 Å². The first-order valence-electron chi connectivity index (χ1n) is 9.89. The largest absolute Gasteiger partial charge is 0.481 e.